The van der Waals surface area contributed by atoms with Crippen LogP contribution in [0, 0.1) is 21.4 Å². The van der Waals surface area contributed by atoms with Crippen molar-refractivity contribution >= 4 is 11.4 Å². The second kappa shape index (κ2) is 6.71. The maximum atomic E-state index is 10.8. The van der Waals surface area contributed by atoms with E-state index in [1.54, 1.807) is 12.1 Å². The molecule has 1 rings (SSSR count). The fourth-order valence-electron chi connectivity index (χ4n) is 1.91. The fraction of sp³-hybridized carbons (Fsp3) is 0.462. The van der Waals surface area contributed by atoms with Crippen molar-refractivity contribution in [1.29, 1.82) is 5.26 Å². The number of nitro groups is 1. The molecule has 0 heterocycles. The number of aliphatic hydroxyl groups excluding tert-OH is 1. The average molecular weight is 263 g/mol. The van der Waals surface area contributed by atoms with Gasteiger partial charge in [-0.05, 0) is 26.0 Å². The minimum absolute atomic E-state index is 0.0877. The third-order valence-electron chi connectivity index (χ3n) is 2.85. The Labute approximate surface area is 112 Å². The molecule has 0 amide bonds. The van der Waals surface area contributed by atoms with Gasteiger partial charge in [-0.25, -0.2) is 0 Å². The molecule has 1 aromatic carbocycles. The lowest BCUT2D eigenvalue weighted by molar-refractivity contribution is -0.385. The maximum Gasteiger partial charge on any atom is 0.275 e. The highest BCUT2D eigenvalue weighted by Crippen LogP contribution is 2.26. The molecule has 0 aromatic heterocycles. The Hall–Kier alpha value is -2.13. The lowest BCUT2D eigenvalue weighted by Crippen LogP contribution is -2.31. The molecule has 1 N–H and O–H groups in total. The topological polar surface area (TPSA) is 90.4 Å². The highest BCUT2D eigenvalue weighted by Gasteiger charge is 2.17. The highest BCUT2D eigenvalue weighted by molar-refractivity contribution is 5.56. The maximum absolute atomic E-state index is 10.8. The molecule has 102 valence electrons. The van der Waals surface area contributed by atoms with Gasteiger partial charge in [0.1, 0.15) is 0 Å². The molecule has 6 nitrogen and oxygen atoms in total. The van der Waals surface area contributed by atoms with Crippen LogP contribution in [0.2, 0.25) is 0 Å². The van der Waals surface area contributed by atoms with Gasteiger partial charge < -0.3 is 10.0 Å². The largest absolute Gasteiger partial charge is 0.391 e. The van der Waals surface area contributed by atoms with Crippen LogP contribution in [0.25, 0.3) is 0 Å². The number of nitriles is 1. The zero-order valence-corrected chi connectivity index (χ0v) is 11.0. The third-order valence-corrected chi connectivity index (χ3v) is 2.85. The molecule has 0 saturated carbocycles. The van der Waals surface area contributed by atoms with E-state index in [0.717, 1.165) is 5.69 Å². The first-order valence-corrected chi connectivity index (χ1v) is 6.03. The van der Waals surface area contributed by atoms with Gasteiger partial charge in [-0.15, -0.1) is 0 Å². The van der Waals surface area contributed by atoms with Crippen LogP contribution in [0.5, 0.6) is 0 Å². The second-order valence-electron chi connectivity index (χ2n) is 4.42. The van der Waals surface area contributed by atoms with Gasteiger partial charge in [0.2, 0.25) is 0 Å². The molecule has 0 aliphatic rings. The van der Waals surface area contributed by atoms with Crippen LogP contribution in [0.1, 0.15) is 25.8 Å². The normalized spacial score (nSPS) is 10.3. The van der Waals surface area contributed by atoms with Crippen molar-refractivity contribution in [2.45, 2.75) is 32.9 Å². The number of rotatable bonds is 6. The molecule has 6 heteroatoms. The minimum Gasteiger partial charge on any atom is -0.391 e. The van der Waals surface area contributed by atoms with Crippen LogP contribution in [0.3, 0.4) is 0 Å². The molecule has 0 radical (unpaired) electrons. The molecule has 0 fully saturated rings. The Kier molecular flexibility index (Phi) is 5.27. The number of nitrogens with zero attached hydrogens (tertiary/aromatic N) is 3. The van der Waals surface area contributed by atoms with Crippen LogP contribution in [0.15, 0.2) is 18.2 Å². The van der Waals surface area contributed by atoms with E-state index in [9.17, 15) is 15.2 Å². The molecule has 0 aliphatic heterocycles. The molecular formula is C13H17N3O3. The molecular weight excluding hydrogens is 246 g/mol. The van der Waals surface area contributed by atoms with Crippen LogP contribution in [-0.4, -0.2) is 22.6 Å². The van der Waals surface area contributed by atoms with Gasteiger partial charge in [-0.1, -0.05) is 0 Å². The number of aliphatic hydroxyl groups is 1. The summed E-state index contributed by atoms with van der Waals surface area (Å²) in [7, 11) is 0. The zero-order chi connectivity index (χ0) is 14.4. The number of hydrogen-bond acceptors (Lipinski definition) is 5. The number of benzene rings is 1. The molecule has 19 heavy (non-hydrogen) atoms. The Morgan fingerprint density at radius 2 is 2.21 bits per heavy atom. The molecule has 1 aromatic rings. The summed E-state index contributed by atoms with van der Waals surface area (Å²) < 4.78 is 0. The average Bonchev–Trinajstić information content (AvgIpc) is 2.38. The van der Waals surface area contributed by atoms with Crippen molar-refractivity contribution in [2.75, 3.05) is 11.4 Å². The molecule has 0 aliphatic carbocycles. The second-order valence-corrected chi connectivity index (χ2v) is 4.42. The van der Waals surface area contributed by atoms with Crippen LogP contribution < -0.4 is 4.90 Å². The first-order valence-electron chi connectivity index (χ1n) is 6.03. The van der Waals surface area contributed by atoms with E-state index in [1.807, 2.05) is 18.7 Å². The summed E-state index contributed by atoms with van der Waals surface area (Å²) in [5.74, 6) is 0. The SMILES string of the molecule is CC(C)N(CCC#N)c1ccc([N+](=O)[O-])c(CO)c1. The smallest absolute Gasteiger partial charge is 0.275 e. The van der Waals surface area contributed by atoms with E-state index in [1.165, 1.54) is 6.07 Å². The Balaban J connectivity index is 3.11. The van der Waals surface area contributed by atoms with Crippen molar-refractivity contribution in [2.24, 2.45) is 0 Å². The minimum atomic E-state index is -0.510. The first kappa shape index (κ1) is 14.9. The van der Waals surface area contributed by atoms with Gasteiger partial charge in [0, 0.05) is 24.3 Å². The summed E-state index contributed by atoms with van der Waals surface area (Å²) in [5.41, 5.74) is 0.972. The molecule has 0 atom stereocenters. The first-order chi connectivity index (χ1) is 9.01. The lowest BCUT2D eigenvalue weighted by Gasteiger charge is -2.28. The zero-order valence-electron chi connectivity index (χ0n) is 11.0. The summed E-state index contributed by atoms with van der Waals surface area (Å²) in [6.45, 7) is 4.14. The van der Waals surface area contributed by atoms with E-state index >= 15 is 0 Å². The van der Waals surface area contributed by atoms with Gasteiger partial charge in [0.05, 0.1) is 29.6 Å². The van der Waals surface area contributed by atoms with E-state index in [2.05, 4.69) is 6.07 Å². The van der Waals surface area contributed by atoms with Gasteiger partial charge >= 0.3 is 0 Å². The summed E-state index contributed by atoms with van der Waals surface area (Å²) in [4.78, 5) is 12.3. The Morgan fingerprint density at radius 3 is 2.68 bits per heavy atom. The summed E-state index contributed by atoms with van der Waals surface area (Å²) in [5, 5.41) is 28.7. The van der Waals surface area contributed by atoms with Crippen molar-refractivity contribution in [1.82, 2.24) is 0 Å². The van der Waals surface area contributed by atoms with Gasteiger partial charge in [0.25, 0.3) is 5.69 Å². The quantitative estimate of drug-likeness (QED) is 0.627. The van der Waals surface area contributed by atoms with Crippen molar-refractivity contribution in [3.8, 4) is 6.07 Å². The van der Waals surface area contributed by atoms with E-state index in [0.29, 0.717) is 13.0 Å². The van der Waals surface area contributed by atoms with Crippen LogP contribution in [-0.2, 0) is 6.61 Å². The fourth-order valence-corrected chi connectivity index (χ4v) is 1.91. The van der Waals surface area contributed by atoms with E-state index in [4.69, 9.17) is 5.26 Å². The predicted molar refractivity (Wildman–Crippen MR) is 71.7 cm³/mol. The number of anilines is 1. The number of nitro benzene ring substituents is 1. The van der Waals surface area contributed by atoms with Gasteiger partial charge in [-0.2, -0.15) is 5.26 Å². The Bertz CT molecular complexity index is 494. The third kappa shape index (κ3) is 3.66. The lowest BCUT2D eigenvalue weighted by atomic mass is 10.1. The van der Waals surface area contributed by atoms with Gasteiger partial charge in [-0.3, -0.25) is 10.1 Å². The van der Waals surface area contributed by atoms with E-state index in [-0.39, 0.29) is 23.9 Å². The van der Waals surface area contributed by atoms with Gasteiger partial charge in [0.15, 0.2) is 0 Å². The standard InChI is InChI=1S/C13H17N3O3/c1-10(2)15(7-3-6-14)12-4-5-13(16(18)19)11(8-12)9-17/h4-5,8,10,17H,3,7,9H2,1-2H3. The molecule has 0 spiro atoms. The van der Waals surface area contributed by atoms with Crippen molar-refractivity contribution in [3.05, 3.63) is 33.9 Å². The molecule has 0 unspecified atom stereocenters. The summed E-state index contributed by atoms with van der Waals surface area (Å²) in [6.07, 6.45) is 0.379. The molecule has 0 saturated heterocycles. The van der Waals surface area contributed by atoms with Crippen LogP contribution in [0.4, 0.5) is 11.4 Å². The highest BCUT2D eigenvalue weighted by atomic mass is 16.6. The molecule has 0 bridgehead atoms. The van der Waals surface area contributed by atoms with E-state index < -0.39 is 4.92 Å². The van der Waals surface area contributed by atoms with Crippen molar-refractivity contribution in [3.63, 3.8) is 0 Å². The number of hydrogen-bond donors (Lipinski definition) is 1. The van der Waals surface area contributed by atoms with Crippen molar-refractivity contribution < 1.29 is 10.0 Å². The Morgan fingerprint density at radius 1 is 1.53 bits per heavy atom. The monoisotopic (exact) mass is 263 g/mol. The predicted octanol–water partition coefficient (Wildman–Crippen LogP) is 2.22. The summed E-state index contributed by atoms with van der Waals surface area (Å²) in [6, 6.07) is 6.90. The van der Waals surface area contributed by atoms with Crippen LogP contribution >= 0.6 is 0 Å². The summed E-state index contributed by atoms with van der Waals surface area (Å²) >= 11 is 0.